The normalized spacial score (nSPS) is 11.8. The summed E-state index contributed by atoms with van der Waals surface area (Å²) in [7, 11) is -2.40. The van der Waals surface area contributed by atoms with Gasteiger partial charge in [0.25, 0.3) is 5.91 Å². The van der Waals surface area contributed by atoms with Gasteiger partial charge in [-0.05, 0) is 44.2 Å². The predicted octanol–water partition coefficient (Wildman–Crippen LogP) is 3.90. The second-order valence-corrected chi connectivity index (χ2v) is 8.27. The average Bonchev–Trinajstić information content (AvgIpc) is 2.52. The Hall–Kier alpha value is -2.03. The SMILES string of the molecule is CC(C)N(C)S(=O)(=O)c1ccc(Cl)c(C(=O)Nc2cc(F)cc(F)c2)c1. The number of hydrogen-bond donors (Lipinski definition) is 1. The number of nitrogens with zero attached hydrogens (tertiary/aromatic N) is 1. The molecule has 2 aromatic carbocycles. The highest BCUT2D eigenvalue weighted by molar-refractivity contribution is 7.89. The molecule has 0 spiro atoms. The second-order valence-electron chi connectivity index (χ2n) is 5.87. The molecule has 0 aliphatic heterocycles. The summed E-state index contributed by atoms with van der Waals surface area (Å²) in [5, 5.41) is 2.30. The monoisotopic (exact) mass is 402 g/mol. The molecule has 1 N–H and O–H groups in total. The number of benzene rings is 2. The zero-order valence-corrected chi connectivity index (χ0v) is 15.8. The lowest BCUT2D eigenvalue weighted by molar-refractivity contribution is 0.102. The highest BCUT2D eigenvalue weighted by Crippen LogP contribution is 2.24. The van der Waals surface area contributed by atoms with Crippen LogP contribution in [0.5, 0.6) is 0 Å². The molecular formula is C17H17ClF2N2O3S. The summed E-state index contributed by atoms with van der Waals surface area (Å²) in [5.41, 5.74) is -0.245. The van der Waals surface area contributed by atoms with Gasteiger partial charge in [-0.25, -0.2) is 17.2 Å². The van der Waals surface area contributed by atoms with Crippen LogP contribution in [0.1, 0.15) is 24.2 Å². The van der Waals surface area contributed by atoms with Gasteiger partial charge in [-0.1, -0.05) is 11.6 Å². The van der Waals surface area contributed by atoms with Crippen LogP contribution in [0.3, 0.4) is 0 Å². The van der Waals surface area contributed by atoms with E-state index in [-0.39, 0.29) is 27.2 Å². The first kappa shape index (κ1) is 20.3. The first-order valence-corrected chi connectivity index (χ1v) is 9.39. The van der Waals surface area contributed by atoms with Gasteiger partial charge in [0.15, 0.2) is 0 Å². The lowest BCUT2D eigenvalue weighted by Crippen LogP contribution is -2.33. The largest absolute Gasteiger partial charge is 0.322 e. The van der Waals surface area contributed by atoms with Gasteiger partial charge in [0, 0.05) is 24.8 Å². The molecule has 0 bridgehead atoms. The van der Waals surface area contributed by atoms with Crippen molar-refractivity contribution >= 4 is 33.2 Å². The third-order valence-electron chi connectivity index (χ3n) is 3.71. The zero-order valence-electron chi connectivity index (χ0n) is 14.3. The van der Waals surface area contributed by atoms with Crippen LogP contribution in [-0.2, 0) is 10.0 Å². The lowest BCUT2D eigenvalue weighted by atomic mass is 10.2. The molecule has 26 heavy (non-hydrogen) atoms. The molecule has 0 atom stereocenters. The Labute approximate surface area is 155 Å². The maximum absolute atomic E-state index is 13.2. The molecule has 0 aliphatic carbocycles. The fourth-order valence-electron chi connectivity index (χ4n) is 2.11. The van der Waals surface area contributed by atoms with Crippen molar-refractivity contribution in [3.05, 3.63) is 58.6 Å². The fourth-order valence-corrected chi connectivity index (χ4v) is 3.70. The molecule has 0 unspecified atom stereocenters. The molecular weight excluding hydrogens is 386 g/mol. The summed E-state index contributed by atoms with van der Waals surface area (Å²) >= 11 is 5.99. The second kappa shape index (κ2) is 7.69. The molecule has 9 heteroatoms. The Bertz CT molecular complexity index is 929. The summed E-state index contributed by atoms with van der Waals surface area (Å²) < 4.78 is 52.8. The molecule has 0 radical (unpaired) electrons. The quantitative estimate of drug-likeness (QED) is 0.824. The molecule has 0 saturated heterocycles. The highest BCUT2D eigenvalue weighted by atomic mass is 35.5. The first-order valence-electron chi connectivity index (χ1n) is 7.57. The summed E-state index contributed by atoms with van der Waals surface area (Å²) in [4.78, 5) is 12.3. The third-order valence-corrected chi connectivity index (χ3v) is 6.07. The molecule has 2 rings (SSSR count). The van der Waals surface area contributed by atoms with Gasteiger partial charge in [0.2, 0.25) is 10.0 Å². The number of rotatable bonds is 5. The van der Waals surface area contributed by atoms with E-state index in [0.29, 0.717) is 6.07 Å². The van der Waals surface area contributed by atoms with Crippen LogP contribution < -0.4 is 5.32 Å². The number of carbonyl (C=O) groups excluding carboxylic acids is 1. The van der Waals surface area contributed by atoms with Crippen molar-refractivity contribution in [3.63, 3.8) is 0 Å². The van der Waals surface area contributed by atoms with Gasteiger partial charge >= 0.3 is 0 Å². The molecule has 2 aromatic rings. The Morgan fingerprint density at radius 3 is 2.23 bits per heavy atom. The van der Waals surface area contributed by atoms with Gasteiger partial charge < -0.3 is 5.32 Å². The van der Waals surface area contributed by atoms with Crippen molar-refractivity contribution in [1.29, 1.82) is 0 Å². The minimum absolute atomic E-state index is 0.00512. The standard InChI is InChI=1S/C17H17ClF2N2O3S/c1-10(2)22(3)26(24,25)14-4-5-16(18)15(9-14)17(23)21-13-7-11(19)6-12(20)8-13/h4-10H,1-3H3,(H,21,23). The number of anilines is 1. The minimum Gasteiger partial charge on any atom is -0.322 e. The van der Waals surface area contributed by atoms with Gasteiger partial charge in [-0.2, -0.15) is 4.31 Å². The van der Waals surface area contributed by atoms with Crippen molar-refractivity contribution in [2.24, 2.45) is 0 Å². The molecule has 5 nitrogen and oxygen atoms in total. The molecule has 0 heterocycles. The van der Waals surface area contributed by atoms with Crippen LogP contribution >= 0.6 is 11.6 Å². The smallest absolute Gasteiger partial charge is 0.257 e. The highest BCUT2D eigenvalue weighted by Gasteiger charge is 2.25. The minimum atomic E-state index is -3.82. The van der Waals surface area contributed by atoms with Crippen molar-refractivity contribution in [3.8, 4) is 0 Å². The van der Waals surface area contributed by atoms with Crippen LogP contribution in [-0.4, -0.2) is 31.7 Å². The van der Waals surface area contributed by atoms with E-state index in [9.17, 15) is 22.0 Å². The summed E-state index contributed by atoms with van der Waals surface area (Å²) in [6.45, 7) is 3.42. The topological polar surface area (TPSA) is 66.5 Å². The number of amides is 1. The van der Waals surface area contributed by atoms with Crippen LogP contribution in [0.25, 0.3) is 0 Å². The predicted molar refractivity (Wildman–Crippen MR) is 95.8 cm³/mol. The average molecular weight is 403 g/mol. The number of nitrogens with one attached hydrogen (secondary N) is 1. The van der Waals surface area contributed by atoms with E-state index in [4.69, 9.17) is 11.6 Å². The van der Waals surface area contributed by atoms with E-state index in [1.807, 2.05) is 0 Å². The van der Waals surface area contributed by atoms with Crippen molar-refractivity contribution in [2.45, 2.75) is 24.8 Å². The first-order chi connectivity index (χ1) is 12.0. The Morgan fingerprint density at radius 1 is 1.12 bits per heavy atom. The van der Waals surface area contributed by atoms with E-state index in [1.54, 1.807) is 13.8 Å². The van der Waals surface area contributed by atoms with Gasteiger partial charge in [0.1, 0.15) is 11.6 Å². The zero-order chi connectivity index (χ0) is 19.6. The summed E-state index contributed by atoms with van der Waals surface area (Å²) in [6, 6.07) is 5.94. The van der Waals surface area contributed by atoms with E-state index in [1.165, 1.54) is 19.2 Å². The molecule has 0 fully saturated rings. The van der Waals surface area contributed by atoms with Gasteiger partial charge in [0.05, 0.1) is 15.5 Å². The van der Waals surface area contributed by atoms with E-state index >= 15 is 0 Å². The number of hydrogen-bond acceptors (Lipinski definition) is 3. The van der Waals surface area contributed by atoms with E-state index in [0.717, 1.165) is 22.5 Å². The van der Waals surface area contributed by atoms with Crippen LogP contribution in [0, 0.1) is 11.6 Å². The van der Waals surface area contributed by atoms with Crippen LogP contribution in [0.15, 0.2) is 41.3 Å². The number of halogens is 3. The third kappa shape index (κ3) is 4.38. The van der Waals surface area contributed by atoms with Crippen molar-refractivity contribution < 1.29 is 22.0 Å². The fraction of sp³-hybridized carbons (Fsp3) is 0.235. The Kier molecular flexibility index (Phi) is 6.00. The summed E-state index contributed by atoms with van der Waals surface area (Å²) in [6.07, 6.45) is 0. The Balaban J connectivity index is 2.39. The van der Waals surface area contributed by atoms with E-state index < -0.39 is 27.6 Å². The molecule has 0 aliphatic rings. The van der Waals surface area contributed by atoms with Gasteiger partial charge in [-0.3, -0.25) is 4.79 Å². The van der Waals surface area contributed by atoms with Crippen LogP contribution in [0.2, 0.25) is 5.02 Å². The Morgan fingerprint density at radius 2 is 1.69 bits per heavy atom. The van der Waals surface area contributed by atoms with Crippen molar-refractivity contribution in [2.75, 3.05) is 12.4 Å². The number of sulfonamides is 1. The lowest BCUT2D eigenvalue weighted by Gasteiger charge is -2.21. The number of carbonyl (C=O) groups is 1. The maximum Gasteiger partial charge on any atom is 0.257 e. The summed E-state index contributed by atoms with van der Waals surface area (Å²) in [5.74, 6) is -2.51. The molecule has 0 saturated carbocycles. The molecule has 140 valence electrons. The van der Waals surface area contributed by atoms with Crippen molar-refractivity contribution in [1.82, 2.24) is 4.31 Å². The van der Waals surface area contributed by atoms with Gasteiger partial charge in [-0.15, -0.1) is 0 Å². The maximum atomic E-state index is 13.2. The van der Waals surface area contributed by atoms with E-state index in [2.05, 4.69) is 5.32 Å². The molecule has 0 aromatic heterocycles. The molecule has 1 amide bonds. The van der Waals surface area contributed by atoms with Crippen LogP contribution in [0.4, 0.5) is 14.5 Å².